The fraction of sp³-hybridized carbons (Fsp3) is 0.737. The van der Waals surface area contributed by atoms with Crippen LogP contribution in [0.1, 0.15) is 40.5 Å². The number of rotatable bonds is 6. The molecule has 1 spiro atoms. The van der Waals surface area contributed by atoms with Gasteiger partial charge in [-0.1, -0.05) is 0 Å². The van der Waals surface area contributed by atoms with Gasteiger partial charge in [-0.2, -0.15) is 5.10 Å². The van der Waals surface area contributed by atoms with Crippen LogP contribution >= 0.6 is 0 Å². The molecule has 3 unspecified atom stereocenters. The van der Waals surface area contributed by atoms with Crippen LogP contribution in [-0.2, 0) is 19.1 Å². The van der Waals surface area contributed by atoms with Crippen LogP contribution < -0.4 is 5.32 Å². The second kappa shape index (κ2) is 8.99. The number of carbonyl (C=O) groups is 3. The number of methoxy groups -OCH3 is 1. The summed E-state index contributed by atoms with van der Waals surface area (Å²) in [5, 5.41) is 19.7. The van der Waals surface area contributed by atoms with E-state index in [1.165, 1.54) is 23.8 Å². The summed E-state index contributed by atoms with van der Waals surface area (Å²) in [6, 6.07) is -1.22. The van der Waals surface area contributed by atoms with Crippen molar-refractivity contribution < 1.29 is 29.0 Å². The predicted octanol–water partition coefficient (Wildman–Crippen LogP) is 0.124. The van der Waals surface area contributed by atoms with Gasteiger partial charge in [-0.15, -0.1) is 5.10 Å². The maximum absolute atomic E-state index is 13.2. The molecule has 2 rings (SSSR count). The number of carbonyl (C=O) groups excluding carboxylic acids is 3. The van der Waals surface area contributed by atoms with Crippen molar-refractivity contribution in [3.8, 4) is 0 Å². The van der Waals surface area contributed by atoms with Crippen molar-refractivity contribution in [2.45, 2.75) is 63.8 Å². The van der Waals surface area contributed by atoms with Crippen LogP contribution in [0, 0.1) is 0 Å². The van der Waals surface area contributed by atoms with E-state index in [4.69, 9.17) is 9.47 Å². The number of ether oxygens (including phenoxy) is 2. The van der Waals surface area contributed by atoms with Crippen molar-refractivity contribution in [1.82, 2.24) is 15.1 Å². The van der Waals surface area contributed by atoms with E-state index in [1.54, 1.807) is 20.8 Å². The second-order valence-corrected chi connectivity index (χ2v) is 8.49. The molecule has 3 atom stereocenters. The van der Waals surface area contributed by atoms with Crippen molar-refractivity contribution in [3.63, 3.8) is 0 Å². The minimum Gasteiger partial charge on any atom is -0.482 e. The van der Waals surface area contributed by atoms with E-state index in [2.05, 4.69) is 22.2 Å². The molecule has 0 radical (unpaired) electrons. The molecule has 2 aliphatic rings. The Morgan fingerprint density at radius 2 is 2.07 bits per heavy atom. The Morgan fingerprint density at radius 3 is 2.57 bits per heavy atom. The van der Waals surface area contributed by atoms with Crippen LogP contribution in [-0.4, -0.2) is 95.5 Å². The maximum Gasteiger partial charge on any atom is 0.408 e. The third kappa shape index (κ3) is 4.89. The Labute approximate surface area is 176 Å². The van der Waals surface area contributed by atoms with Crippen LogP contribution in [0.2, 0.25) is 0 Å². The van der Waals surface area contributed by atoms with Crippen LogP contribution in [0.25, 0.3) is 0 Å². The Morgan fingerprint density at radius 1 is 1.40 bits per heavy atom. The molecule has 168 valence electrons. The molecular weight excluding hydrogens is 394 g/mol. The zero-order valence-electron chi connectivity index (χ0n) is 18.2. The Balaban J connectivity index is 2.12. The van der Waals surface area contributed by atoms with Gasteiger partial charge in [-0.05, 0) is 40.5 Å². The number of aliphatic hydroxyl groups is 1. The highest BCUT2D eigenvalue weighted by atomic mass is 16.6. The van der Waals surface area contributed by atoms with E-state index in [1.807, 2.05) is 0 Å². The van der Waals surface area contributed by atoms with Crippen molar-refractivity contribution in [2.24, 2.45) is 10.2 Å². The first-order valence-corrected chi connectivity index (χ1v) is 9.80. The summed E-state index contributed by atoms with van der Waals surface area (Å²) < 4.78 is 10.3. The molecule has 2 saturated heterocycles. The zero-order chi connectivity index (χ0) is 22.7. The summed E-state index contributed by atoms with van der Waals surface area (Å²) >= 11 is 0. The van der Waals surface area contributed by atoms with Gasteiger partial charge in [0.05, 0.1) is 26.3 Å². The number of nitrogens with one attached hydrogen (secondary N) is 1. The smallest absolute Gasteiger partial charge is 0.408 e. The Kier molecular flexibility index (Phi) is 7.06. The summed E-state index contributed by atoms with van der Waals surface area (Å²) in [7, 11) is 1.42. The molecule has 3 amide bonds. The van der Waals surface area contributed by atoms with E-state index < -0.39 is 35.3 Å². The lowest BCUT2D eigenvalue weighted by Gasteiger charge is -2.51. The molecule has 2 fully saturated rings. The van der Waals surface area contributed by atoms with Crippen molar-refractivity contribution in [2.75, 3.05) is 26.7 Å². The number of β-lactam (4-membered cyclic amide) rings is 1. The van der Waals surface area contributed by atoms with Crippen molar-refractivity contribution in [1.29, 1.82) is 0 Å². The first-order valence-electron chi connectivity index (χ1n) is 9.80. The fourth-order valence-corrected chi connectivity index (χ4v) is 3.74. The lowest BCUT2D eigenvalue weighted by atomic mass is 9.85. The van der Waals surface area contributed by atoms with Crippen molar-refractivity contribution in [3.05, 3.63) is 0 Å². The molecule has 2 N–H and O–H groups in total. The molecule has 11 heteroatoms. The van der Waals surface area contributed by atoms with Gasteiger partial charge in [-0.3, -0.25) is 9.59 Å². The largest absolute Gasteiger partial charge is 0.482 e. The molecule has 0 aromatic carbocycles. The normalized spacial score (nSPS) is 23.7. The van der Waals surface area contributed by atoms with Gasteiger partial charge in [-0.25, -0.2) is 4.79 Å². The van der Waals surface area contributed by atoms with Gasteiger partial charge in [0.2, 0.25) is 11.8 Å². The third-order valence-corrected chi connectivity index (χ3v) is 5.06. The highest BCUT2D eigenvalue weighted by Crippen LogP contribution is 2.39. The summed E-state index contributed by atoms with van der Waals surface area (Å²) in [4.78, 5) is 41.2. The molecule has 0 aliphatic carbocycles. The minimum atomic E-state index is -1.22. The molecule has 0 saturated carbocycles. The summed E-state index contributed by atoms with van der Waals surface area (Å²) in [6.45, 7) is 10.5. The monoisotopic (exact) mass is 425 g/mol. The number of amides is 3. The number of hydrogen-bond acceptors (Lipinski definition) is 8. The highest BCUT2D eigenvalue weighted by Gasteiger charge is 2.60. The van der Waals surface area contributed by atoms with Gasteiger partial charge >= 0.3 is 6.09 Å². The first kappa shape index (κ1) is 23.6. The summed E-state index contributed by atoms with van der Waals surface area (Å²) in [5.74, 6) is -0.518. The van der Waals surface area contributed by atoms with Crippen LogP contribution in [0.4, 0.5) is 4.79 Å². The van der Waals surface area contributed by atoms with E-state index in [0.29, 0.717) is 25.9 Å². The molecule has 0 bridgehead atoms. The predicted molar refractivity (Wildman–Crippen MR) is 109 cm³/mol. The Hall–Kier alpha value is -2.69. The number of nitrogens with zero attached hydrogens (tertiary/aromatic N) is 4. The molecule has 0 aromatic heterocycles. The molecular formula is C19H31N5O6. The van der Waals surface area contributed by atoms with E-state index >= 15 is 0 Å². The van der Waals surface area contributed by atoms with Gasteiger partial charge < -0.3 is 29.7 Å². The molecule has 11 nitrogen and oxygen atoms in total. The summed E-state index contributed by atoms with van der Waals surface area (Å²) in [6.07, 6.45) is -0.829. The fourth-order valence-electron chi connectivity index (χ4n) is 3.74. The number of likely N-dealkylation sites (tertiary alicyclic amines) is 2. The van der Waals surface area contributed by atoms with Gasteiger partial charge in [0.25, 0.3) is 5.91 Å². The molecule has 2 aliphatic heterocycles. The van der Waals surface area contributed by atoms with Gasteiger partial charge in [0.1, 0.15) is 17.2 Å². The Bertz CT molecular complexity index is 731. The lowest BCUT2D eigenvalue weighted by molar-refractivity contribution is -0.168. The standard InChI is InChI=1S/C19H31N5O6/c1-12(25)14(21-17(28)30-18(2,3)4)15(26)24-9-7-8-19(24)11-23(16(19)27)10-13(29-6)22-20-5/h12,14,25H,5,7-11H2,1-4,6H3,(H,21,28)/b22-13-. The SMILES string of the molecule is C=N/N=C(/CN1CC2(CCCN2C(=O)C(NC(=O)OC(C)(C)C)C(C)O)C1=O)OC. The second-order valence-electron chi connectivity index (χ2n) is 8.49. The van der Waals surface area contributed by atoms with E-state index in [0.717, 1.165) is 0 Å². The average Bonchev–Trinajstić information content (AvgIpc) is 3.09. The lowest BCUT2D eigenvalue weighted by Crippen LogP contribution is -2.75. The number of aliphatic hydroxyl groups excluding tert-OH is 1. The number of alkyl carbamates (subject to hydrolysis) is 1. The summed E-state index contributed by atoms with van der Waals surface area (Å²) in [5.41, 5.74) is -1.74. The van der Waals surface area contributed by atoms with E-state index in [-0.39, 0.29) is 18.3 Å². The topological polar surface area (TPSA) is 133 Å². The van der Waals surface area contributed by atoms with E-state index in [9.17, 15) is 19.5 Å². The third-order valence-electron chi connectivity index (χ3n) is 5.06. The van der Waals surface area contributed by atoms with Crippen LogP contribution in [0.3, 0.4) is 0 Å². The van der Waals surface area contributed by atoms with Gasteiger partial charge in [0.15, 0.2) is 0 Å². The van der Waals surface area contributed by atoms with Gasteiger partial charge in [0, 0.05) is 13.3 Å². The zero-order valence-corrected chi connectivity index (χ0v) is 18.2. The number of hydrogen-bond donors (Lipinski definition) is 2. The quantitative estimate of drug-likeness (QED) is 0.269. The molecule has 30 heavy (non-hydrogen) atoms. The minimum absolute atomic E-state index is 0.119. The highest BCUT2D eigenvalue weighted by molar-refractivity contribution is 6.00. The molecule has 0 aromatic rings. The van der Waals surface area contributed by atoms with Crippen molar-refractivity contribution >= 4 is 30.5 Å². The van der Waals surface area contributed by atoms with Crippen LogP contribution in [0.15, 0.2) is 10.2 Å². The first-order chi connectivity index (χ1) is 13.9. The molecule has 2 heterocycles. The maximum atomic E-state index is 13.2. The van der Waals surface area contributed by atoms with Crippen LogP contribution in [0.5, 0.6) is 0 Å². The average molecular weight is 425 g/mol.